The summed E-state index contributed by atoms with van der Waals surface area (Å²) in [4.78, 5) is 24.2. The molecule has 2 aromatic carbocycles. The smallest absolute Gasteiger partial charge is 0.342 e. The SMILES string of the molecule is CCOc1ccccc1C(=O)OCC(=O)c1ccccc1Br. The van der Waals surface area contributed by atoms with Gasteiger partial charge in [-0.1, -0.05) is 46.3 Å². The van der Waals surface area contributed by atoms with Crippen molar-refractivity contribution in [2.45, 2.75) is 6.92 Å². The van der Waals surface area contributed by atoms with Crippen molar-refractivity contribution in [2.24, 2.45) is 0 Å². The topological polar surface area (TPSA) is 52.6 Å². The lowest BCUT2D eigenvalue weighted by Crippen LogP contribution is -2.15. The normalized spacial score (nSPS) is 10.1. The third-order valence-electron chi connectivity index (χ3n) is 2.92. The van der Waals surface area contributed by atoms with E-state index in [-0.39, 0.29) is 12.4 Å². The Morgan fingerprint density at radius 3 is 2.32 bits per heavy atom. The molecule has 2 aromatic rings. The van der Waals surface area contributed by atoms with Crippen molar-refractivity contribution in [1.82, 2.24) is 0 Å². The van der Waals surface area contributed by atoms with Crippen LogP contribution in [0.1, 0.15) is 27.6 Å². The van der Waals surface area contributed by atoms with Gasteiger partial charge in [0, 0.05) is 10.0 Å². The zero-order valence-corrected chi connectivity index (χ0v) is 13.6. The number of halogens is 1. The molecule has 0 bridgehead atoms. The molecule has 0 aliphatic rings. The van der Waals surface area contributed by atoms with E-state index < -0.39 is 5.97 Å². The predicted octanol–water partition coefficient (Wildman–Crippen LogP) is 3.89. The number of rotatable bonds is 6. The molecule has 0 aliphatic carbocycles. The highest BCUT2D eigenvalue weighted by Gasteiger charge is 2.16. The number of ether oxygens (including phenoxy) is 2. The summed E-state index contributed by atoms with van der Waals surface area (Å²) in [6.07, 6.45) is 0. The number of ketones is 1. The minimum atomic E-state index is -0.579. The Labute approximate surface area is 137 Å². The highest BCUT2D eigenvalue weighted by molar-refractivity contribution is 9.10. The number of Topliss-reactive ketones (excluding diaryl/α,β-unsaturated/α-hetero) is 1. The molecule has 114 valence electrons. The molecule has 0 fully saturated rings. The third-order valence-corrected chi connectivity index (χ3v) is 3.61. The van der Waals surface area contributed by atoms with Crippen molar-refractivity contribution in [3.63, 3.8) is 0 Å². The Bertz CT molecular complexity index is 682. The molecule has 0 saturated heterocycles. The molecule has 22 heavy (non-hydrogen) atoms. The van der Waals surface area contributed by atoms with Gasteiger partial charge in [0.15, 0.2) is 6.61 Å². The van der Waals surface area contributed by atoms with Gasteiger partial charge in [0.05, 0.1) is 6.61 Å². The first-order valence-electron chi connectivity index (χ1n) is 6.80. The van der Waals surface area contributed by atoms with Crippen LogP contribution in [-0.4, -0.2) is 25.0 Å². The van der Waals surface area contributed by atoms with Crippen LogP contribution in [0.3, 0.4) is 0 Å². The number of benzene rings is 2. The molecular formula is C17H15BrO4. The largest absolute Gasteiger partial charge is 0.493 e. The quantitative estimate of drug-likeness (QED) is 0.577. The van der Waals surface area contributed by atoms with E-state index in [2.05, 4.69) is 15.9 Å². The third kappa shape index (κ3) is 3.95. The first-order chi connectivity index (χ1) is 10.6. The lowest BCUT2D eigenvalue weighted by atomic mass is 10.1. The average molecular weight is 363 g/mol. The number of hydrogen-bond donors (Lipinski definition) is 0. The molecule has 0 aliphatic heterocycles. The van der Waals surface area contributed by atoms with Crippen molar-refractivity contribution < 1.29 is 19.1 Å². The molecule has 2 rings (SSSR count). The molecule has 0 spiro atoms. The molecule has 0 saturated carbocycles. The van der Waals surface area contributed by atoms with E-state index in [9.17, 15) is 9.59 Å². The van der Waals surface area contributed by atoms with Crippen LogP contribution in [0.25, 0.3) is 0 Å². The fourth-order valence-corrected chi connectivity index (χ4v) is 2.40. The number of para-hydroxylation sites is 1. The van der Waals surface area contributed by atoms with Crippen LogP contribution in [0.4, 0.5) is 0 Å². The summed E-state index contributed by atoms with van der Waals surface area (Å²) in [6, 6.07) is 13.8. The van der Waals surface area contributed by atoms with Gasteiger partial charge in [-0.3, -0.25) is 4.79 Å². The Kier molecular flexibility index (Phi) is 5.72. The molecule has 5 heteroatoms. The van der Waals surface area contributed by atoms with Gasteiger partial charge < -0.3 is 9.47 Å². The summed E-state index contributed by atoms with van der Waals surface area (Å²) in [7, 11) is 0. The van der Waals surface area contributed by atoms with E-state index in [0.29, 0.717) is 28.0 Å². The van der Waals surface area contributed by atoms with Gasteiger partial charge >= 0.3 is 5.97 Å². The second kappa shape index (κ2) is 7.75. The molecule has 4 nitrogen and oxygen atoms in total. The molecule has 0 amide bonds. The number of hydrogen-bond acceptors (Lipinski definition) is 4. The Balaban J connectivity index is 2.04. The Hall–Kier alpha value is -2.14. The molecular weight excluding hydrogens is 348 g/mol. The summed E-state index contributed by atoms with van der Waals surface area (Å²) >= 11 is 3.30. The van der Waals surface area contributed by atoms with Gasteiger partial charge in [0.2, 0.25) is 5.78 Å². The fraction of sp³-hybridized carbons (Fsp3) is 0.176. The van der Waals surface area contributed by atoms with Gasteiger partial charge in [-0.15, -0.1) is 0 Å². The van der Waals surface area contributed by atoms with Crippen LogP contribution in [0.5, 0.6) is 5.75 Å². The van der Waals surface area contributed by atoms with Crippen LogP contribution in [-0.2, 0) is 4.74 Å². The van der Waals surface area contributed by atoms with Gasteiger partial charge in [-0.25, -0.2) is 4.79 Å². The standard InChI is InChI=1S/C17H15BrO4/c1-2-21-16-10-6-4-8-13(16)17(20)22-11-15(19)12-7-3-5-9-14(12)18/h3-10H,2,11H2,1H3. The minimum absolute atomic E-state index is 0.269. The average Bonchev–Trinajstić information content (AvgIpc) is 2.53. The zero-order valence-electron chi connectivity index (χ0n) is 12.0. The summed E-state index contributed by atoms with van der Waals surface area (Å²) in [5.41, 5.74) is 0.790. The number of esters is 1. The zero-order chi connectivity index (χ0) is 15.9. The predicted molar refractivity (Wildman–Crippen MR) is 86.4 cm³/mol. The summed E-state index contributed by atoms with van der Waals surface area (Å²) < 4.78 is 11.1. The lowest BCUT2D eigenvalue weighted by Gasteiger charge is -2.10. The maximum Gasteiger partial charge on any atom is 0.342 e. The van der Waals surface area contributed by atoms with Gasteiger partial charge in [-0.05, 0) is 25.1 Å². The highest BCUT2D eigenvalue weighted by Crippen LogP contribution is 2.20. The van der Waals surface area contributed by atoms with Gasteiger partial charge in [0.25, 0.3) is 0 Å². The second-order valence-corrected chi connectivity index (χ2v) is 5.26. The van der Waals surface area contributed by atoms with Crippen molar-refractivity contribution in [1.29, 1.82) is 0 Å². The van der Waals surface area contributed by atoms with Crippen molar-refractivity contribution in [2.75, 3.05) is 13.2 Å². The molecule has 0 heterocycles. The summed E-state index contributed by atoms with van der Waals surface area (Å²) in [6.45, 7) is 1.96. The van der Waals surface area contributed by atoms with Crippen molar-refractivity contribution in [3.05, 3.63) is 64.1 Å². The van der Waals surface area contributed by atoms with E-state index in [1.165, 1.54) is 0 Å². The van der Waals surface area contributed by atoms with E-state index in [4.69, 9.17) is 9.47 Å². The fourth-order valence-electron chi connectivity index (χ4n) is 1.89. The first kappa shape index (κ1) is 16.2. The Morgan fingerprint density at radius 1 is 1.00 bits per heavy atom. The molecule has 0 aromatic heterocycles. The highest BCUT2D eigenvalue weighted by atomic mass is 79.9. The second-order valence-electron chi connectivity index (χ2n) is 4.41. The van der Waals surface area contributed by atoms with Gasteiger partial charge in [0.1, 0.15) is 11.3 Å². The maximum absolute atomic E-state index is 12.1. The van der Waals surface area contributed by atoms with Crippen LogP contribution < -0.4 is 4.74 Å². The van der Waals surface area contributed by atoms with Crippen LogP contribution >= 0.6 is 15.9 Å². The molecule has 0 radical (unpaired) electrons. The molecule has 0 unspecified atom stereocenters. The summed E-state index contributed by atoms with van der Waals surface area (Å²) in [5.74, 6) is -0.400. The van der Waals surface area contributed by atoms with Crippen molar-refractivity contribution >= 4 is 27.7 Å². The molecule has 0 atom stereocenters. The maximum atomic E-state index is 12.1. The van der Waals surface area contributed by atoms with E-state index in [0.717, 1.165) is 0 Å². The monoisotopic (exact) mass is 362 g/mol. The van der Waals surface area contributed by atoms with Crippen molar-refractivity contribution in [3.8, 4) is 5.75 Å². The first-order valence-corrected chi connectivity index (χ1v) is 7.59. The Morgan fingerprint density at radius 2 is 1.64 bits per heavy atom. The summed E-state index contributed by atoms with van der Waals surface area (Å²) in [5, 5.41) is 0. The number of carbonyl (C=O) groups excluding carboxylic acids is 2. The number of carbonyl (C=O) groups is 2. The minimum Gasteiger partial charge on any atom is -0.493 e. The van der Waals surface area contributed by atoms with E-state index >= 15 is 0 Å². The van der Waals surface area contributed by atoms with Gasteiger partial charge in [-0.2, -0.15) is 0 Å². The van der Waals surface area contributed by atoms with E-state index in [1.807, 2.05) is 13.0 Å². The van der Waals surface area contributed by atoms with Crippen LogP contribution in [0.15, 0.2) is 53.0 Å². The van der Waals surface area contributed by atoms with Crippen LogP contribution in [0, 0.1) is 0 Å². The lowest BCUT2D eigenvalue weighted by molar-refractivity contribution is 0.0470. The van der Waals surface area contributed by atoms with E-state index in [1.54, 1.807) is 42.5 Å². The van der Waals surface area contributed by atoms with Crippen LogP contribution in [0.2, 0.25) is 0 Å². The molecule has 0 N–H and O–H groups in total.